The average molecular weight is 263 g/mol. The first-order chi connectivity index (χ1) is 9.20. The van der Waals surface area contributed by atoms with Crippen molar-refractivity contribution in [2.75, 3.05) is 32.8 Å². The van der Waals surface area contributed by atoms with Crippen LogP contribution < -0.4 is 10.1 Å². The third-order valence-corrected chi connectivity index (χ3v) is 2.88. The average Bonchev–Trinajstić information content (AvgIpc) is 2.46. The molecule has 0 spiro atoms. The molecule has 19 heavy (non-hydrogen) atoms. The van der Waals surface area contributed by atoms with Crippen molar-refractivity contribution < 1.29 is 13.9 Å². The minimum absolute atomic E-state index is 0.0116. The largest absolute Gasteiger partial charge is 0.481 e. The second-order valence-electron chi connectivity index (χ2n) is 4.18. The van der Waals surface area contributed by atoms with Crippen molar-refractivity contribution in [2.24, 2.45) is 0 Å². The number of piperazine rings is 1. The monoisotopic (exact) mass is 263 g/mol. The molecule has 0 unspecified atom stereocenters. The van der Waals surface area contributed by atoms with Crippen LogP contribution in [0.25, 0.3) is 0 Å². The van der Waals surface area contributed by atoms with Crippen LogP contribution in [-0.4, -0.2) is 43.6 Å². The Bertz CT molecular complexity index is 507. The highest BCUT2D eigenvalue weighted by Gasteiger charge is 2.17. The predicted octanol–water partition coefficient (Wildman–Crippen LogP) is 0.508. The van der Waals surface area contributed by atoms with Crippen LogP contribution >= 0.6 is 0 Å². The van der Waals surface area contributed by atoms with E-state index in [1.807, 2.05) is 6.07 Å². The quantitative estimate of drug-likeness (QED) is 0.863. The molecule has 0 aromatic heterocycles. The normalized spacial score (nSPS) is 14.8. The number of benzene rings is 1. The molecule has 1 fully saturated rings. The molecule has 1 aromatic carbocycles. The summed E-state index contributed by atoms with van der Waals surface area (Å²) in [6.07, 6.45) is 0. The van der Waals surface area contributed by atoms with Crippen molar-refractivity contribution in [3.63, 3.8) is 0 Å². The molecular weight excluding hydrogens is 249 g/mol. The van der Waals surface area contributed by atoms with E-state index >= 15 is 0 Å². The van der Waals surface area contributed by atoms with Gasteiger partial charge in [0.05, 0.1) is 11.6 Å². The Morgan fingerprint density at radius 2 is 2.21 bits per heavy atom. The fourth-order valence-electron chi connectivity index (χ4n) is 1.83. The Kier molecular flexibility index (Phi) is 4.31. The van der Waals surface area contributed by atoms with E-state index in [0.29, 0.717) is 13.1 Å². The molecule has 5 nitrogen and oxygen atoms in total. The van der Waals surface area contributed by atoms with Crippen molar-refractivity contribution >= 4 is 5.91 Å². The maximum atomic E-state index is 13.5. The van der Waals surface area contributed by atoms with Gasteiger partial charge in [0.15, 0.2) is 18.2 Å². The summed E-state index contributed by atoms with van der Waals surface area (Å²) >= 11 is 0. The van der Waals surface area contributed by atoms with Crippen molar-refractivity contribution in [1.82, 2.24) is 10.2 Å². The predicted molar refractivity (Wildman–Crippen MR) is 66.1 cm³/mol. The highest BCUT2D eigenvalue weighted by molar-refractivity contribution is 5.77. The van der Waals surface area contributed by atoms with Gasteiger partial charge in [-0.15, -0.1) is 0 Å². The van der Waals surface area contributed by atoms with E-state index < -0.39 is 5.82 Å². The summed E-state index contributed by atoms with van der Waals surface area (Å²) in [7, 11) is 0. The Morgan fingerprint density at radius 3 is 2.84 bits per heavy atom. The first-order valence-electron chi connectivity index (χ1n) is 6.01. The Hall–Kier alpha value is -2.13. The van der Waals surface area contributed by atoms with Gasteiger partial charge >= 0.3 is 0 Å². The summed E-state index contributed by atoms with van der Waals surface area (Å²) in [5.41, 5.74) is 0.221. The fraction of sp³-hybridized carbons (Fsp3) is 0.385. The van der Waals surface area contributed by atoms with Crippen molar-refractivity contribution in [3.05, 3.63) is 29.6 Å². The van der Waals surface area contributed by atoms with E-state index in [1.165, 1.54) is 12.1 Å². The zero-order valence-corrected chi connectivity index (χ0v) is 10.4. The molecule has 1 aromatic rings. The third-order valence-electron chi connectivity index (χ3n) is 2.88. The summed E-state index contributed by atoms with van der Waals surface area (Å²) in [5.74, 6) is -0.806. The summed E-state index contributed by atoms with van der Waals surface area (Å²) in [4.78, 5) is 13.5. The van der Waals surface area contributed by atoms with Gasteiger partial charge in [-0.2, -0.15) is 5.26 Å². The molecule has 1 amide bonds. The topological polar surface area (TPSA) is 65.4 Å². The van der Waals surface area contributed by atoms with Gasteiger partial charge in [-0.3, -0.25) is 4.79 Å². The molecule has 0 aliphatic carbocycles. The van der Waals surface area contributed by atoms with Crippen LogP contribution in [0.3, 0.4) is 0 Å². The lowest BCUT2D eigenvalue weighted by molar-refractivity contribution is -0.133. The molecular formula is C13H14FN3O2. The van der Waals surface area contributed by atoms with Gasteiger partial charge in [-0.05, 0) is 18.2 Å². The molecule has 2 rings (SSSR count). The van der Waals surface area contributed by atoms with Crippen LogP contribution in [0.1, 0.15) is 5.56 Å². The number of amides is 1. The molecule has 0 atom stereocenters. The van der Waals surface area contributed by atoms with Crippen LogP contribution in [0, 0.1) is 17.1 Å². The first-order valence-corrected chi connectivity index (χ1v) is 6.01. The first kappa shape index (κ1) is 13.3. The molecule has 0 bridgehead atoms. The summed E-state index contributed by atoms with van der Waals surface area (Å²) in [5, 5.41) is 11.8. The minimum Gasteiger partial charge on any atom is -0.481 e. The lowest BCUT2D eigenvalue weighted by Gasteiger charge is -2.27. The summed E-state index contributed by atoms with van der Waals surface area (Å²) < 4.78 is 18.7. The number of nitrogens with one attached hydrogen (secondary N) is 1. The SMILES string of the molecule is N#Cc1ccc(OCC(=O)N2CCNCC2)c(F)c1. The zero-order valence-electron chi connectivity index (χ0n) is 10.4. The molecule has 1 heterocycles. The van der Waals surface area contributed by atoms with Gasteiger partial charge in [0, 0.05) is 26.2 Å². The van der Waals surface area contributed by atoms with Crippen molar-refractivity contribution in [3.8, 4) is 11.8 Å². The number of hydrogen-bond acceptors (Lipinski definition) is 4. The second-order valence-corrected chi connectivity index (χ2v) is 4.18. The van der Waals surface area contributed by atoms with Crippen molar-refractivity contribution in [2.45, 2.75) is 0 Å². The van der Waals surface area contributed by atoms with Crippen molar-refractivity contribution in [1.29, 1.82) is 5.26 Å². The number of hydrogen-bond donors (Lipinski definition) is 1. The lowest BCUT2D eigenvalue weighted by Crippen LogP contribution is -2.47. The van der Waals surface area contributed by atoms with Crippen LogP contribution in [0.2, 0.25) is 0 Å². The van der Waals surface area contributed by atoms with Gasteiger partial charge in [0.1, 0.15) is 0 Å². The minimum atomic E-state index is -0.632. The Balaban J connectivity index is 1.91. The molecule has 6 heteroatoms. The molecule has 1 N–H and O–H groups in total. The number of nitriles is 1. The molecule has 1 saturated heterocycles. The van der Waals surface area contributed by atoms with E-state index in [2.05, 4.69) is 5.32 Å². The number of carbonyl (C=O) groups is 1. The summed E-state index contributed by atoms with van der Waals surface area (Å²) in [6, 6.07) is 5.73. The molecule has 1 aliphatic heterocycles. The van der Waals surface area contributed by atoms with E-state index in [0.717, 1.165) is 19.2 Å². The van der Waals surface area contributed by atoms with Crippen LogP contribution in [0.15, 0.2) is 18.2 Å². The zero-order chi connectivity index (χ0) is 13.7. The second kappa shape index (κ2) is 6.16. The van der Waals surface area contributed by atoms with Gasteiger partial charge in [-0.25, -0.2) is 4.39 Å². The maximum Gasteiger partial charge on any atom is 0.260 e. The number of halogens is 1. The van der Waals surface area contributed by atoms with Gasteiger partial charge in [0.25, 0.3) is 5.91 Å². The lowest BCUT2D eigenvalue weighted by atomic mass is 10.2. The van der Waals surface area contributed by atoms with Crippen LogP contribution in [0.4, 0.5) is 4.39 Å². The molecule has 1 aliphatic rings. The van der Waals surface area contributed by atoms with E-state index in [1.54, 1.807) is 4.90 Å². The summed E-state index contributed by atoms with van der Waals surface area (Å²) in [6.45, 7) is 2.60. The van der Waals surface area contributed by atoms with E-state index in [-0.39, 0.29) is 23.8 Å². The highest BCUT2D eigenvalue weighted by atomic mass is 19.1. The molecule has 0 radical (unpaired) electrons. The third kappa shape index (κ3) is 3.42. The molecule has 0 saturated carbocycles. The number of ether oxygens (including phenoxy) is 1. The maximum absolute atomic E-state index is 13.5. The smallest absolute Gasteiger partial charge is 0.260 e. The molecule has 100 valence electrons. The van der Waals surface area contributed by atoms with Crippen LogP contribution in [0.5, 0.6) is 5.75 Å². The van der Waals surface area contributed by atoms with Crippen LogP contribution in [-0.2, 0) is 4.79 Å². The Labute approximate surface area is 110 Å². The van der Waals surface area contributed by atoms with Gasteiger partial charge < -0.3 is 15.0 Å². The number of carbonyl (C=O) groups excluding carboxylic acids is 1. The number of rotatable bonds is 3. The van der Waals surface area contributed by atoms with Gasteiger partial charge in [-0.1, -0.05) is 0 Å². The highest BCUT2D eigenvalue weighted by Crippen LogP contribution is 2.18. The van der Waals surface area contributed by atoms with E-state index in [9.17, 15) is 9.18 Å². The van der Waals surface area contributed by atoms with E-state index in [4.69, 9.17) is 10.00 Å². The van der Waals surface area contributed by atoms with Gasteiger partial charge in [0.2, 0.25) is 0 Å². The number of nitrogens with zero attached hydrogens (tertiary/aromatic N) is 2. The Morgan fingerprint density at radius 1 is 1.47 bits per heavy atom. The fourth-order valence-corrected chi connectivity index (χ4v) is 1.83. The standard InChI is InChI=1S/C13H14FN3O2/c14-11-7-10(8-15)1-2-12(11)19-9-13(18)17-5-3-16-4-6-17/h1-2,7,16H,3-6,9H2.